The van der Waals surface area contributed by atoms with Crippen molar-refractivity contribution in [2.45, 2.75) is 51.8 Å². The monoisotopic (exact) mass is 278 g/mol. The highest BCUT2D eigenvalue weighted by Gasteiger charge is 2.17. The fourth-order valence-corrected chi connectivity index (χ4v) is 2.82. The second kappa shape index (κ2) is 7.50. The van der Waals surface area contributed by atoms with Crippen molar-refractivity contribution in [3.05, 3.63) is 23.8 Å². The summed E-state index contributed by atoms with van der Waals surface area (Å²) in [6.45, 7) is 5.92. The van der Waals surface area contributed by atoms with Crippen molar-refractivity contribution in [2.75, 3.05) is 18.5 Å². The second-order valence-corrected chi connectivity index (χ2v) is 5.49. The maximum atomic E-state index is 9.42. The third kappa shape index (κ3) is 4.12. The Labute approximate surface area is 121 Å². The lowest BCUT2D eigenvalue weighted by atomic mass is 10.1. The number of ether oxygens (including phenoxy) is 1. The normalized spacial score (nSPS) is 19.9. The standard InChI is InChI=1S/C16H26N2O2/c1-3-20-16-7-6-15(10-13(16)11-19)18-12(2)9-14-5-4-8-17-14/h6-7,10,12,14,17-19H,3-5,8-9,11H2,1-2H3. The molecule has 1 fully saturated rings. The van der Waals surface area contributed by atoms with E-state index in [2.05, 4.69) is 17.6 Å². The molecule has 1 heterocycles. The summed E-state index contributed by atoms with van der Waals surface area (Å²) in [4.78, 5) is 0. The van der Waals surface area contributed by atoms with Gasteiger partial charge < -0.3 is 20.5 Å². The third-order valence-corrected chi connectivity index (χ3v) is 3.74. The average molecular weight is 278 g/mol. The van der Waals surface area contributed by atoms with E-state index in [-0.39, 0.29) is 6.61 Å². The quantitative estimate of drug-likeness (QED) is 0.717. The van der Waals surface area contributed by atoms with E-state index in [1.807, 2.05) is 25.1 Å². The number of hydrogen-bond donors (Lipinski definition) is 3. The van der Waals surface area contributed by atoms with Gasteiger partial charge in [-0.05, 0) is 57.9 Å². The smallest absolute Gasteiger partial charge is 0.124 e. The van der Waals surface area contributed by atoms with Gasteiger partial charge in [0.15, 0.2) is 0 Å². The predicted octanol–water partition coefficient (Wildman–Crippen LogP) is 2.52. The molecule has 2 unspecified atom stereocenters. The Kier molecular flexibility index (Phi) is 5.68. The Morgan fingerprint density at radius 3 is 3.00 bits per heavy atom. The lowest BCUT2D eigenvalue weighted by Crippen LogP contribution is -2.29. The van der Waals surface area contributed by atoms with Crippen molar-refractivity contribution < 1.29 is 9.84 Å². The summed E-state index contributed by atoms with van der Waals surface area (Å²) in [7, 11) is 0. The molecule has 20 heavy (non-hydrogen) atoms. The van der Waals surface area contributed by atoms with Gasteiger partial charge >= 0.3 is 0 Å². The molecule has 2 rings (SSSR count). The largest absolute Gasteiger partial charge is 0.494 e. The Balaban J connectivity index is 1.94. The number of nitrogens with one attached hydrogen (secondary N) is 2. The van der Waals surface area contributed by atoms with E-state index in [0.29, 0.717) is 18.7 Å². The number of anilines is 1. The minimum Gasteiger partial charge on any atom is -0.494 e. The summed E-state index contributed by atoms with van der Waals surface area (Å²) in [5.41, 5.74) is 1.88. The van der Waals surface area contributed by atoms with Crippen LogP contribution in [0.1, 0.15) is 38.7 Å². The molecule has 3 N–H and O–H groups in total. The van der Waals surface area contributed by atoms with Crippen LogP contribution in [0.4, 0.5) is 5.69 Å². The van der Waals surface area contributed by atoms with Crippen LogP contribution in [0.3, 0.4) is 0 Å². The van der Waals surface area contributed by atoms with E-state index in [1.165, 1.54) is 12.8 Å². The third-order valence-electron chi connectivity index (χ3n) is 3.74. The van der Waals surface area contributed by atoms with Gasteiger partial charge in [0.1, 0.15) is 5.75 Å². The first kappa shape index (κ1) is 15.1. The van der Waals surface area contributed by atoms with E-state index in [0.717, 1.165) is 30.0 Å². The van der Waals surface area contributed by atoms with Crippen LogP contribution in [-0.4, -0.2) is 30.3 Å². The van der Waals surface area contributed by atoms with E-state index >= 15 is 0 Å². The first-order valence-electron chi connectivity index (χ1n) is 7.59. The van der Waals surface area contributed by atoms with Gasteiger partial charge in [-0.15, -0.1) is 0 Å². The first-order chi connectivity index (χ1) is 9.72. The molecule has 1 aliphatic heterocycles. The van der Waals surface area contributed by atoms with Gasteiger partial charge in [0.2, 0.25) is 0 Å². The molecule has 1 aromatic carbocycles. The topological polar surface area (TPSA) is 53.5 Å². The van der Waals surface area contributed by atoms with Crippen molar-refractivity contribution in [2.24, 2.45) is 0 Å². The Bertz CT molecular complexity index is 417. The van der Waals surface area contributed by atoms with Crippen LogP contribution in [0.15, 0.2) is 18.2 Å². The fourth-order valence-electron chi connectivity index (χ4n) is 2.82. The van der Waals surface area contributed by atoms with Gasteiger partial charge in [-0.2, -0.15) is 0 Å². The van der Waals surface area contributed by atoms with E-state index in [4.69, 9.17) is 4.74 Å². The molecule has 4 nitrogen and oxygen atoms in total. The molecule has 0 bridgehead atoms. The van der Waals surface area contributed by atoms with Crippen molar-refractivity contribution in [3.63, 3.8) is 0 Å². The molecule has 0 spiro atoms. The van der Waals surface area contributed by atoms with E-state index < -0.39 is 0 Å². The summed E-state index contributed by atoms with van der Waals surface area (Å²) in [6, 6.07) is 6.97. The number of aliphatic hydroxyl groups excluding tert-OH is 1. The highest BCUT2D eigenvalue weighted by molar-refractivity contribution is 5.51. The van der Waals surface area contributed by atoms with Crippen LogP contribution in [0, 0.1) is 0 Å². The number of benzene rings is 1. The average Bonchev–Trinajstić information content (AvgIpc) is 2.93. The van der Waals surface area contributed by atoms with Crippen LogP contribution in [0.2, 0.25) is 0 Å². The molecule has 2 atom stereocenters. The molecular formula is C16H26N2O2. The van der Waals surface area contributed by atoms with Crippen LogP contribution < -0.4 is 15.4 Å². The number of rotatable bonds is 7. The molecule has 0 saturated carbocycles. The zero-order chi connectivity index (χ0) is 14.4. The van der Waals surface area contributed by atoms with Crippen molar-refractivity contribution in [1.82, 2.24) is 5.32 Å². The van der Waals surface area contributed by atoms with Crippen LogP contribution in [-0.2, 0) is 6.61 Å². The van der Waals surface area contributed by atoms with Gasteiger partial charge in [-0.1, -0.05) is 0 Å². The zero-order valence-electron chi connectivity index (χ0n) is 12.5. The molecule has 0 amide bonds. The van der Waals surface area contributed by atoms with Gasteiger partial charge in [-0.3, -0.25) is 0 Å². The SMILES string of the molecule is CCOc1ccc(NC(C)CC2CCCN2)cc1CO. The molecule has 1 aromatic rings. The minimum atomic E-state index is 0.00339. The van der Waals surface area contributed by atoms with Crippen LogP contribution in [0.25, 0.3) is 0 Å². The van der Waals surface area contributed by atoms with Gasteiger partial charge in [-0.25, -0.2) is 0 Å². The predicted molar refractivity (Wildman–Crippen MR) is 82.3 cm³/mol. The minimum absolute atomic E-state index is 0.00339. The van der Waals surface area contributed by atoms with Crippen molar-refractivity contribution >= 4 is 5.69 Å². The summed E-state index contributed by atoms with van der Waals surface area (Å²) in [5, 5.41) is 16.4. The summed E-state index contributed by atoms with van der Waals surface area (Å²) >= 11 is 0. The molecule has 0 aromatic heterocycles. The van der Waals surface area contributed by atoms with Gasteiger partial charge in [0, 0.05) is 23.3 Å². The lowest BCUT2D eigenvalue weighted by Gasteiger charge is -2.20. The molecular weight excluding hydrogens is 252 g/mol. The molecule has 1 saturated heterocycles. The number of hydrogen-bond acceptors (Lipinski definition) is 4. The molecule has 0 aliphatic carbocycles. The molecule has 112 valence electrons. The van der Waals surface area contributed by atoms with E-state index in [9.17, 15) is 5.11 Å². The van der Waals surface area contributed by atoms with Crippen molar-refractivity contribution in [3.8, 4) is 5.75 Å². The highest BCUT2D eigenvalue weighted by Crippen LogP contribution is 2.24. The second-order valence-electron chi connectivity index (χ2n) is 5.49. The lowest BCUT2D eigenvalue weighted by molar-refractivity contribution is 0.267. The Hall–Kier alpha value is -1.26. The van der Waals surface area contributed by atoms with Crippen LogP contribution >= 0.6 is 0 Å². The maximum Gasteiger partial charge on any atom is 0.124 e. The summed E-state index contributed by atoms with van der Waals surface area (Å²) in [6.07, 6.45) is 3.69. The number of aliphatic hydroxyl groups is 1. The Morgan fingerprint density at radius 1 is 1.50 bits per heavy atom. The van der Waals surface area contributed by atoms with E-state index in [1.54, 1.807) is 0 Å². The zero-order valence-corrected chi connectivity index (χ0v) is 12.5. The van der Waals surface area contributed by atoms with Gasteiger partial charge in [0.25, 0.3) is 0 Å². The molecule has 4 heteroatoms. The first-order valence-corrected chi connectivity index (χ1v) is 7.59. The maximum absolute atomic E-state index is 9.42. The highest BCUT2D eigenvalue weighted by atomic mass is 16.5. The Morgan fingerprint density at radius 2 is 2.35 bits per heavy atom. The summed E-state index contributed by atoms with van der Waals surface area (Å²) in [5.74, 6) is 0.769. The van der Waals surface area contributed by atoms with Gasteiger partial charge in [0.05, 0.1) is 13.2 Å². The molecule has 1 aliphatic rings. The van der Waals surface area contributed by atoms with Crippen LogP contribution in [0.5, 0.6) is 5.75 Å². The molecule has 0 radical (unpaired) electrons. The fraction of sp³-hybridized carbons (Fsp3) is 0.625. The van der Waals surface area contributed by atoms with Crippen molar-refractivity contribution in [1.29, 1.82) is 0 Å². The summed E-state index contributed by atoms with van der Waals surface area (Å²) < 4.78 is 5.50.